The summed E-state index contributed by atoms with van der Waals surface area (Å²) in [5.74, 6) is -0.256. The van der Waals surface area contributed by atoms with E-state index in [1.807, 2.05) is 0 Å². The van der Waals surface area contributed by atoms with Crippen LogP contribution in [0.5, 0.6) is 0 Å². The molecule has 0 aliphatic rings. The Balaban J connectivity index is 2.30. The molecule has 14 heteroatoms. The highest BCUT2D eigenvalue weighted by molar-refractivity contribution is 7.91. The Bertz CT molecular complexity index is 1360. The Morgan fingerprint density at radius 3 is 2.40 bits per heavy atom. The van der Waals surface area contributed by atoms with Gasteiger partial charge in [-0.05, 0) is 12.1 Å². The molecule has 0 aliphatic heterocycles. The number of pyridine rings is 2. The number of hydrogen-bond acceptors (Lipinski definition) is 7. The summed E-state index contributed by atoms with van der Waals surface area (Å²) in [5.41, 5.74) is -0.984. The number of aromatic nitrogens is 4. The van der Waals surface area contributed by atoms with E-state index in [9.17, 15) is 25.8 Å². The second-order valence-corrected chi connectivity index (χ2v) is 10.6. The lowest BCUT2D eigenvalue weighted by atomic mass is 10.3. The Morgan fingerprint density at radius 1 is 1.17 bits per heavy atom. The van der Waals surface area contributed by atoms with E-state index in [0.29, 0.717) is 0 Å². The normalized spacial score (nSPS) is 14.6. The number of nitrogens with two attached hydrogens (primary N) is 1. The van der Waals surface area contributed by atoms with E-state index in [1.54, 1.807) is 0 Å². The Labute approximate surface area is 170 Å². The second kappa shape index (κ2) is 7.28. The van der Waals surface area contributed by atoms with Crippen molar-refractivity contribution in [2.45, 2.75) is 18.0 Å². The number of fused-ring (bicyclic) bond motifs is 1. The zero-order valence-electron chi connectivity index (χ0n) is 16.0. The fourth-order valence-electron chi connectivity index (χ4n) is 2.71. The van der Waals surface area contributed by atoms with Gasteiger partial charge in [-0.15, -0.1) is 0 Å². The van der Waals surface area contributed by atoms with Crippen molar-refractivity contribution in [1.82, 2.24) is 19.5 Å². The molecule has 1 atom stereocenters. The van der Waals surface area contributed by atoms with Crippen LogP contribution in [0.15, 0.2) is 33.8 Å². The van der Waals surface area contributed by atoms with Crippen LogP contribution in [0, 0.1) is 0 Å². The molecular formula is C16H17F3N6O3S2. The number of sulfone groups is 1. The summed E-state index contributed by atoms with van der Waals surface area (Å²) in [6.45, 7) is 1.42. The molecule has 0 spiro atoms. The third kappa shape index (κ3) is 4.29. The summed E-state index contributed by atoms with van der Waals surface area (Å²) in [6, 6.07) is 1.94. The average molecular weight is 462 g/mol. The van der Waals surface area contributed by atoms with E-state index in [0.717, 1.165) is 18.3 Å². The highest BCUT2D eigenvalue weighted by Gasteiger charge is 2.33. The van der Waals surface area contributed by atoms with Crippen LogP contribution >= 0.6 is 0 Å². The molecule has 30 heavy (non-hydrogen) atoms. The third-order valence-corrected chi connectivity index (χ3v) is 6.42. The minimum absolute atomic E-state index is 0.0134. The van der Waals surface area contributed by atoms with E-state index in [1.165, 1.54) is 31.0 Å². The Morgan fingerprint density at radius 2 is 1.83 bits per heavy atom. The minimum Gasteiger partial charge on any atom is -0.324 e. The standard InChI is InChI=1S/C16H17F3N6O3S2/c1-4-30(27,28)12-5-9(24-29(3,20)26)7-22-14(12)15-23-10-6-13(16(17,18)19)21-8-11(10)25(15)2/h5-8H,4H2,1-3H3,(H2,20,24,26). The minimum atomic E-state index is -4.65. The summed E-state index contributed by atoms with van der Waals surface area (Å²) in [4.78, 5) is 11.4. The van der Waals surface area contributed by atoms with Crippen LogP contribution in [0.1, 0.15) is 12.6 Å². The molecule has 3 rings (SSSR count). The molecule has 0 saturated carbocycles. The van der Waals surface area contributed by atoms with Gasteiger partial charge in [0.1, 0.15) is 21.3 Å². The molecule has 3 aromatic heterocycles. The first-order valence-electron chi connectivity index (χ1n) is 8.35. The number of alkyl halides is 3. The monoisotopic (exact) mass is 462 g/mol. The molecule has 3 aromatic rings. The molecule has 0 radical (unpaired) electrons. The van der Waals surface area contributed by atoms with Gasteiger partial charge in [0.15, 0.2) is 15.7 Å². The summed E-state index contributed by atoms with van der Waals surface area (Å²) < 4.78 is 81.1. The highest BCUT2D eigenvalue weighted by Crippen LogP contribution is 2.33. The van der Waals surface area contributed by atoms with Crippen molar-refractivity contribution in [2.75, 3.05) is 12.0 Å². The van der Waals surface area contributed by atoms with Gasteiger partial charge < -0.3 is 4.57 Å². The van der Waals surface area contributed by atoms with E-state index in [4.69, 9.17) is 5.14 Å². The SMILES string of the molecule is CCS(=O)(=O)c1cc(N=S(C)(N)=O)cnc1-c1nc2cc(C(F)(F)F)ncc2n1C. The van der Waals surface area contributed by atoms with Gasteiger partial charge in [-0.25, -0.2) is 32.7 Å². The maximum absolute atomic E-state index is 13.0. The highest BCUT2D eigenvalue weighted by atomic mass is 32.2. The van der Waals surface area contributed by atoms with Crippen LogP contribution in [0.4, 0.5) is 18.9 Å². The Kier molecular flexibility index (Phi) is 5.37. The maximum Gasteiger partial charge on any atom is 0.433 e. The molecule has 0 fully saturated rings. The average Bonchev–Trinajstić information content (AvgIpc) is 2.96. The number of rotatable bonds is 4. The molecule has 1 unspecified atom stereocenters. The summed E-state index contributed by atoms with van der Waals surface area (Å²) in [5, 5.41) is 5.40. The number of aryl methyl sites for hydroxylation is 1. The van der Waals surface area contributed by atoms with Gasteiger partial charge in [-0.2, -0.15) is 17.5 Å². The van der Waals surface area contributed by atoms with Gasteiger partial charge in [-0.3, -0.25) is 0 Å². The quantitative estimate of drug-likeness (QED) is 0.633. The van der Waals surface area contributed by atoms with Crippen molar-refractivity contribution < 1.29 is 25.8 Å². The zero-order valence-corrected chi connectivity index (χ0v) is 17.6. The van der Waals surface area contributed by atoms with Gasteiger partial charge in [-0.1, -0.05) is 6.92 Å². The van der Waals surface area contributed by atoms with Crippen molar-refractivity contribution >= 4 is 36.5 Å². The van der Waals surface area contributed by atoms with Crippen molar-refractivity contribution in [1.29, 1.82) is 0 Å². The molecule has 0 saturated heterocycles. The zero-order chi connectivity index (χ0) is 22.5. The summed E-state index contributed by atoms with van der Waals surface area (Å²) in [7, 11) is -5.41. The molecule has 0 aliphatic carbocycles. The molecule has 3 heterocycles. The van der Waals surface area contributed by atoms with Crippen LogP contribution in [0.25, 0.3) is 22.6 Å². The first-order valence-corrected chi connectivity index (χ1v) is 12.0. The fourth-order valence-corrected chi connectivity index (χ4v) is 4.28. The van der Waals surface area contributed by atoms with Crippen LogP contribution in [0.3, 0.4) is 0 Å². The molecule has 0 amide bonds. The fraction of sp³-hybridized carbons (Fsp3) is 0.312. The van der Waals surface area contributed by atoms with Gasteiger partial charge >= 0.3 is 6.18 Å². The lowest BCUT2D eigenvalue weighted by Gasteiger charge is -2.10. The lowest BCUT2D eigenvalue weighted by Crippen LogP contribution is -2.10. The van der Waals surface area contributed by atoms with Crippen LogP contribution < -0.4 is 5.14 Å². The first-order chi connectivity index (χ1) is 13.7. The van der Waals surface area contributed by atoms with Crippen molar-refractivity contribution in [3.63, 3.8) is 0 Å². The predicted molar refractivity (Wildman–Crippen MR) is 105 cm³/mol. The van der Waals surface area contributed by atoms with Crippen LogP contribution in [0.2, 0.25) is 0 Å². The molecule has 9 nitrogen and oxygen atoms in total. The number of halogens is 3. The lowest BCUT2D eigenvalue weighted by molar-refractivity contribution is -0.141. The van der Waals surface area contributed by atoms with E-state index < -0.39 is 31.6 Å². The topological polar surface area (TPSA) is 133 Å². The first kappa shape index (κ1) is 22.1. The predicted octanol–water partition coefficient (Wildman–Crippen LogP) is 2.45. The van der Waals surface area contributed by atoms with Crippen LogP contribution in [-0.4, -0.2) is 44.2 Å². The molecule has 2 N–H and O–H groups in total. The van der Waals surface area contributed by atoms with Gasteiger partial charge in [0.2, 0.25) is 0 Å². The second-order valence-electron chi connectivity index (χ2n) is 6.45. The Hall–Kier alpha value is -2.58. The van der Waals surface area contributed by atoms with Gasteiger partial charge in [0, 0.05) is 13.3 Å². The van der Waals surface area contributed by atoms with E-state index in [2.05, 4.69) is 19.3 Å². The molecule has 162 valence electrons. The largest absolute Gasteiger partial charge is 0.433 e. The smallest absolute Gasteiger partial charge is 0.324 e. The van der Waals surface area contributed by atoms with Crippen molar-refractivity contribution in [3.05, 3.63) is 30.2 Å². The maximum atomic E-state index is 13.0. The van der Waals surface area contributed by atoms with Crippen LogP contribution in [-0.2, 0) is 33.0 Å². The molecule has 0 aromatic carbocycles. The van der Waals surface area contributed by atoms with Gasteiger partial charge in [0.05, 0.1) is 39.8 Å². The number of imidazole rings is 1. The summed E-state index contributed by atoms with van der Waals surface area (Å²) in [6.07, 6.45) is -1.31. The van der Waals surface area contributed by atoms with Gasteiger partial charge in [0.25, 0.3) is 0 Å². The number of nitrogens with zero attached hydrogens (tertiary/aromatic N) is 5. The third-order valence-electron chi connectivity index (χ3n) is 4.11. The van der Waals surface area contributed by atoms with E-state index >= 15 is 0 Å². The van der Waals surface area contributed by atoms with E-state index in [-0.39, 0.29) is 38.9 Å². The molecular weight excluding hydrogens is 445 g/mol. The summed E-state index contributed by atoms with van der Waals surface area (Å²) >= 11 is 0. The van der Waals surface area contributed by atoms with Crippen molar-refractivity contribution in [2.24, 2.45) is 16.5 Å². The molecule has 0 bridgehead atoms. The number of hydrogen-bond donors (Lipinski definition) is 1. The van der Waals surface area contributed by atoms with Crippen molar-refractivity contribution in [3.8, 4) is 11.5 Å².